The van der Waals surface area contributed by atoms with E-state index < -0.39 is 35.0 Å². The van der Waals surface area contributed by atoms with Crippen molar-refractivity contribution in [1.29, 1.82) is 0 Å². The fourth-order valence-electron chi connectivity index (χ4n) is 1.65. The quantitative estimate of drug-likeness (QED) is 0.165. The fraction of sp³-hybridized carbons (Fsp3) is 0.286. The van der Waals surface area contributed by atoms with Gasteiger partial charge in [-0.25, -0.2) is 28.2 Å². The summed E-state index contributed by atoms with van der Waals surface area (Å²) in [4.78, 5) is 10.4. The molecule has 2 rings (SSSR count). The van der Waals surface area contributed by atoms with Crippen LogP contribution in [0.2, 0.25) is 0 Å². The first kappa shape index (κ1) is 31.7. The zero-order chi connectivity index (χ0) is 25.3. The minimum Gasteiger partial charge on any atom is -0.497 e. The van der Waals surface area contributed by atoms with Crippen LogP contribution >= 0.6 is 23.2 Å². The average molecular weight is 501 g/mol. The Hall–Kier alpha value is -2.49. The molecule has 5 nitrogen and oxygen atoms in total. The van der Waals surface area contributed by atoms with Gasteiger partial charge in [-0.15, -0.1) is 23.2 Å². The Morgan fingerprint density at radius 2 is 1.38 bits per heavy atom. The molecule has 1 amide bonds. The predicted molar refractivity (Wildman–Crippen MR) is 119 cm³/mol. The number of amides is 1. The van der Waals surface area contributed by atoms with Crippen molar-refractivity contribution < 1.29 is 31.8 Å². The zero-order valence-electron chi connectivity index (χ0n) is 18.0. The van der Waals surface area contributed by atoms with E-state index in [2.05, 4.69) is 11.3 Å². The molecule has 180 valence electrons. The number of alkyl halides is 2. The highest BCUT2D eigenvalue weighted by Gasteiger charge is 2.14. The molecule has 0 fully saturated rings. The van der Waals surface area contributed by atoms with Gasteiger partial charge in [0.25, 0.3) is 0 Å². The molecule has 0 aliphatic rings. The smallest absolute Gasteiger partial charge is 0.421 e. The molecule has 0 radical (unpaired) electrons. The SMILES string of the molecule is C=Cc1cc(F)cc(F)c1.CC(C)(C)OC(=O)NN.COc1cc(F)cc(F)c1.ClCCl. The van der Waals surface area contributed by atoms with Crippen LogP contribution in [0.4, 0.5) is 22.4 Å². The van der Waals surface area contributed by atoms with Crippen LogP contribution in [0.3, 0.4) is 0 Å². The molecule has 11 heteroatoms. The van der Waals surface area contributed by atoms with Gasteiger partial charge in [0, 0.05) is 24.3 Å². The highest BCUT2D eigenvalue weighted by atomic mass is 35.5. The van der Waals surface area contributed by atoms with Crippen molar-refractivity contribution in [2.75, 3.05) is 12.4 Å². The minimum atomic E-state index is -0.628. The molecule has 0 saturated heterocycles. The molecule has 0 atom stereocenters. The standard InChI is InChI=1S/C8H6F2.C7H6F2O.C5H12N2O2.CH2Cl2/c1-2-6-3-7(9)5-8(10)4-6;1-10-7-3-5(8)2-6(9)4-7;1-5(2,3)9-4(8)7-6;2-1-3/h2-5H,1H2;2-4H,1H3;6H2,1-3H3,(H,7,8);1H2. The van der Waals surface area contributed by atoms with Gasteiger partial charge in [-0.1, -0.05) is 12.7 Å². The lowest BCUT2D eigenvalue weighted by Gasteiger charge is -2.18. The van der Waals surface area contributed by atoms with Gasteiger partial charge in [0.2, 0.25) is 0 Å². The highest BCUT2D eigenvalue weighted by Crippen LogP contribution is 2.14. The predicted octanol–water partition coefficient (Wildman–Crippen LogP) is 6.39. The maximum atomic E-state index is 12.3. The number of hydrogen-bond donors (Lipinski definition) is 2. The van der Waals surface area contributed by atoms with E-state index in [9.17, 15) is 22.4 Å². The molecule has 2 aromatic carbocycles. The fourth-order valence-corrected chi connectivity index (χ4v) is 1.65. The Morgan fingerprint density at radius 3 is 1.62 bits per heavy atom. The third kappa shape index (κ3) is 18.3. The van der Waals surface area contributed by atoms with E-state index in [-0.39, 0.29) is 11.1 Å². The largest absolute Gasteiger partial charge is 0.497 e. The second kappa shape index (κ2) is 17.1. The molecule has 0 bridgehead atoms. The highest BCUT2D eigenvalue weighted by molar-refractivity contribution is 6.40. The molecule has 32 heavy (non-hydrogen) atoms. The number of hydrazine groups is 1. The molecule has 0 aliphatic carbocycles. The maximum absolute atomic E-state index is 12.3. The van der Waals surface area contributed by atoms with E-state index in [0.29, 0.717) is 5.56 Å². The number of rotatable bonds is 2. The maximum Gasteiger partial charge on any atom is 0.421 e. The molecule has 3 N–H and O–H groups in total. The Morgan fingerprint density at radius 1 is 1.00 bits per heavy atom. The number of halogens is 6. The number of ether oxygens (including phenoxy) is 2. The van der Waals surface area contributed by atoms with Gasteiger partial charge < -0.3 is 9.47 Å². The first-order valence-electron chi connectivity index (χ1n) is 8.71. The van der Waals surface area contributed by atoms with E-state index in [1.165, 1.54) is 25.3 Å². The van der Waals surface area contributed by atoms with Crippen molar-refractivity contribution in [3.63, 3.8) is 0 Å². The molecular weight excluding hydrogens is 475 g/mol. The number of carbonyl (C=O) groups is 1. The first-order valence-corrected chi connectivity index (χ1v) is 9.78. The Balaban J connectivity index is 0. The number of methoxy groups -OCH3 is 1. The van der Waals surface area contributed by atoms with Crippen molar-refractivity contribution >= 4 is 35.4 Å². The second-order valence-corrected chi connectivity index (χ2v) is 7.27. The van der Waals surface area contributed by atoms with E-state index in [4.69, 9.17) is 33.8 Å². The number of nitrogens with two attached hydrogens (primary N) is 1. The monoisotopic (exact) mass is 500 g/mol. The molecule has 0 aliphatic heterocycles. The summed E-state index contributed by atoms with van der Waals surface area (Å²) in [5.74, 6) is 2.54. The van der Waals surface area contributed by atoms with Crippen LogP contribution in [0, 0.1) is 23.3 Å². The number of hydrogen-bond acceptors (Lipinski definition) is 4. The number of carbonyl (C=O) groups excluding carboxylic acids is 1. The van der Waals surface area contributed by atoms with Crippen LogP contribution in [0.25, 0.3) is 6.08 Å². The summed E-state index contributed by atoms with van der Waals surface area (Å²) >= 11 is 9.53. The molecule has 0 aromatic heterocycles. The van der Waals surface area contributed by atoms with Crippen LogP contribution in [-0.4, -0.2) is 24.1 Å². The van der Waals surface area contributed by atoms with Crippen molar-refractivity contribution in [2.45, 2.75) is 26.4 Å². The van der Waals surface area contributed by atoms with Gasteiger partial charge in [0.05, 0.1) is 12.4 Å². The van der Waals surface area contributed by atoms with E-state index >= 15 is 0 Å². The lowest BCUT2D eigenvalue weighted by atomic mass is 10.2. The van der Waals surface area contributed by atoms with Gasteiger partial charge in [0.15, 0.2) is 0 Å². The van der Waals surface area contributed by atoms with Crippen molar-refractivity contribution in [3.05, 3.63) is 71.8 Å². The lowest BCUT2D eigenvalue weighted by Crippen LogP contribution is -2.36. The summed E-state index contributed by atoms with van der Waals surface area (Å²) in [5.41, 5.74) is 1.85. The molecule has 0 unspecified atom stereocenters. The third-order valence-corrected chi connectivity index (χ3v) is 2.71. The molecule has 0 heterocycles. The van der Waals surface area contributed by atoms with Gasteiger partial charge in [0.1, 0.15) is 34.6 Å². The van der Waals surface area contributed by atoms with E-state index in [1.54, 1.807) is 20.8 Å². The lowest BCUT2D eigenvalue weighted by molar-refractivity contribution is 0.0527. The third-order valence-electron chi connectivity index (χ3n) is 2.71. The molecule has 2 aromatic rings. The number of nitrogens with one attached hydrogen (secondary N) is 1. The van der Waals surface area contributed by atoms with Crippen LogP contribution in [0.1, 0.15) is 26.3 Å². The Labute approximate surface area is 195 Å². The van der Waals surface area contributed by atoms with E-state index in [0.717, 1.165) is 24.3 Å². The van der Waals surface area contributed by atoms with Crippen LogP contribution in [0.15, 0.2) is 43.0 Å². The summed E-state index contributed by atoms with van der Waals surface area (Å²) in [5, 5.41) is 0.194. The summed E-state index contributed by atoms with van der Waals surface area (Å²) < 4.78 is 58.6. The van der Waals surface area contributed by atoms with Crippen LogP contribution in [0.5, 0.6) is 5.75 Å². The van der Waals surface area contributed by atoms with Gasteiger partial charge in [-0.2, -0.15) is 0 Å². The second-order valence-electron chi connectivity index (χ2n) is 6.46. The summed E-state index contributed by atoms with van der Waals surface area (Å²) in [6.07, 6.45) is 0.786. The van der Waals surface area contributed by atoms with Crippen molar-refractivity contribution in [2.24, 2.45) is 5.84 Å². The molecular formula is C21H26Cl2F4N2O3. The first-order chi connectivity index (χ1) is 14.8. The zero-order valence-corrected chi connectivity index (χ0v) is 19.5. The van der Waals surface area contributed by atoms with Gasteiger partial charge in [-0.3, -0.25) is 5.43 Å². The Kier molecular flexibility index (Phi) is 16.9. The summed E-state index contributed by atoms with van der Waals surface area (Å²) in [7, 11) is 1.36. The van der Waals surface area contributed by atoms with Crippen LogP contribution in [-0.2, 0) is 4.74 Å². The Bertz CT molecular complexity index is 795. The number of benzene rings is 2. The summed E-state index contributed by atoms with van der Waals surface area (Å²) in [6.45, 7) is 8.68. The molecule has 0 spiro atoms. The van der Waals surface area contributed by atoms with E-state index in [1.807, 2.05) is 5.43 Å². The average Bonchev–Trinajstić information content (AvgIpc) is 2.66. The van der Waals surface area contributed by atoms with Gasteiger partial charge >= 0.3 is 6.09 Å². The van der Waals surface area contributed by atoms with Crippen molar-refractivity contribution in [1.82, 2.24) is 5.43 Å². The van der Waals surface area contributed by atoms with Gasteiger partial charge in [-0.05, 0) is 38.5 Å². The van der Waals surface area contributed by atoms with Crippen LogP contribution < -0.4 is 16.0 Å². The molecule has 0 saturated carbocycles. The van der Waals surface area contributed by atoms with Crippen molar-refractivity contribution in [3.8, 4) is 5.75 Å². The topological polar surface area (TPSA) is 73.6 Å². The minimum absolute atomic E-state index is 0.192. The summed E-state index contributed by atoms with van der Waals surface area (Å²) in [6, 6.07) is 6.29. The normalized spacial score (nSPS) is 9.47.